The largest absolute Gasteiger partial charge is 0.594 e. The van der Waals surface area contributed by atoms with E-state index in [2.05, 4.69) is 0 Å². The Labute approximate surface area is 112 Å². The van der Waals surface area contributed by atoms with Crippen LogP contribution in [0.5, 0.6) is 0 Å². The zero-order valence-corrected chi connectivity index (χ0v) is 11.1. The van der Waals surface area contributed by atoms with E-state index in [9.17, 15) is 10.0 Å². The third-order valence-electron chi connectivity index (χ3n) is 2.75. The fourth-order valence-corrected chi connectivity index (χ4v) is 1.28. The molecule has 5 nitrogen and oxygen atoms in total. The number of hydrogen-bond donors (Lipinski definition) is 1. The standard InChI is InChI=1S/C14H18N2O3/c1-3-11(2)10-19-14(17)9-6-12-4-7-13(8-5-12)16(15)18/h4-9,11,15H,3,10H2,1-2H3/b9-6+,16-15?. The second kappa shape index (κ2) is 7.31. The Kier molecular flexibility index (Phi) is 5.73. The molecule has 0 heterocycles. The molecule has 0 amide bonds. The molecule has 1 N–H and O–H groups in total. The van der Waals surface area contributed by atoms with E-state index in [0.29, 0.717) is 12.5 Å². The molecule has 0 spiro atoms. The number of ether oxygens (including phenoxy) is 1. The molecule has 0 aliphatic heterocycles. The minimum atomic E-state index is -0.379. The van der Waals surface area contributed by atoms with Gasteiger partial charge in [0.25, 0.3) is 0 Å². The monoisotopic (exact) mass is 262 g/mol. The molecule has 1 rings (SSSR count). The topological polar surface area (TPSA) is 76.2 Å². The van der Waals surface area contributed by atoms with Gasteiger partial charge in [0, 0.05) is 18.2 Å². The number of nitrogens with one attached hydrogen (secondary N) is 1. The molecule has 5 heteroatoms. The lowest BCUT2D eigenvalue weighted by molar-refractivity contribution is -0.465. The molecule has 1 unspecified atom stereocenters. The third-order valence-corrected chi connectivity index (χ3v) is 2.75. The average Bonchev–Trinajstić information content (AvgIpc) is 2.42. The van der Waals surface area contributed by atoms with Crippen LogP contribution in [0.15, 0.2) is 30.3 Å². The Hall–Kier alpha value is -2.17. The van der Waals surface area contributed by atoms with Gasteiger partial charge in [-0.2, -0.15) is 0 Å². The molecular formula is C14H18N2O3. The Morgan fingerprint density at radius 2 is 2.11 bits per heavy atom. The van der Waals surface area contributed by atoms with Crippen LogP contribution in [-0.4, -0.2) is 17.4 Å². The number of hydrogen-bond acceptors (Lipinski definition) is 4. The zero-order valence-electron chi connectivity index (χ0n) is 11.1. The summed E-state index contributed by atoms with van der Waals surface area (Å²) in [6, 6.07) is 6.36. The van der Waals surface area contributed by atoms with Gasteiger partial charge < -0.3 is 9.94 Å². The van der Waals surface area contributed by atoms with Crippen LogP contribution < -0.4 is 0 Å². The Morgan fingerprint density at radius 1 is 1.47 bits per heavy atom. The number of rotatable bonds is 6. The zero-order chi connectivity index (χ0) is 14.3. The summed E-state index contributed by atoms with van der Waals surface area (Å²) >= 11 is 0. The highest BCUT2D eigenvalue weighted by Crippen LogP contribution is 2.13. The quantitative estimate of drug-likeness (QED) is 0.280. The van der Waals surface area contributed by atoms with Crippen molar-refractivity contribution in [2.75, 3.05) is 6.61 Å². The molecule has 0 fully saturated rings. The van der Waals surface area contributed by atoms with Crippen LogP contribution in [-0.2, 0) is 9.53 Å². The average molecular weight is 262 g/mol. The normalized spacial score (nSPS) is 12.3. The molecule has 0 bridgehead atoms. The number of carbonyl (C=O) groups is 1. The highest BCUT2D eigenvalue weighted by Gasteiger charge is 2.03. The van der Waals surface area contributed by atoms with E-state index in [1.165, 1.54) is 18.2 Å². The van der Waals surface area contributed by atoms with Crippen LogP contribution in [0.2, 0.25) is 0 Å². The SMILES string of the molecule is CCC(C)COC(=O)/C=C/c1ccc([N+](=N)[O-])cc1. The lowest BCUT2D eigenvalue weighted by Crippen LogP contribution is -2.08. The van der Waals surface area contributed by atoms with Gasteiger partial charge in [0.2, 0.25) is 5.69 Å². The summed E-state index contributed by atoms with van der Waals surface area (Å²) in [6.45, 7) is 4.48. The Morgan fingerprint density at radius 3 is 2.63 bits per heavy atom. The molecule has 0 radical (unpaired) electrons. The maximum atomic E-state index is 11.4. The van der Waals surface area contributed by atoms with Crippen molar-refractivity contribution in [3.05, 3.63) is 41.1 Å². The number of benzene rings is 1. The van der Waals surface area contributed by atoms with E-state index in [4.69, 9.17) is 10.3 Å². The van der Waals surface area contributed by atoms with Crippen molar-refractivity contribution in [1.29, 1.82) is 5.53 Å². The number of esters is 1. The van der Waals surface area contributed by atoms with E-state index in [1.54, 1.807) is 18.2 Å². The minimum absolute atomic E-state index is 0.0356. The lowest BCUT2D eigenvalue weighted by atomic mass is 10.1. The maximum absolute atomic E-state index is 11.4. The summed E-state index contributed by atoms with van der Waals surface area (Å²) in [7, 11) is 0. The summed E-state index contributed by atoms with van der Waals surface area (Å²) in [6.07, 6.45) is 3.94. The van der Waals surface area contributed by atoms with Crippen LogP contribution in [0.25, 0.3) is 6.08 Å². The molecule has 19 heavy (non-hydrogen) atoms. The Bertz CT molecular complexity index is 466. The van der Waals surface area contributed by atoms with E-state index in [1.807, 2.05) is 13.8 Å². The highest BCUT2D eigenvalue weighted by atomic mass is 16.5. The molecule has 0 aliphatic carbocycles. The number of carbonyl (C=O) groups excluding carboxylic acids is 1. The minimum Gasteiger partial charge on any atom is -0.594 e. The van der Waals surface area contributed by atoms with Gasteiger partial charge in [-0.3, -0.25) is 0 Å². The molecule has 0 saturated heterocycles. The van der Waals surface area contributed by atoms with E-state index >= 15 is 0 Å². The van der Waals surface area contributed by atoms with Crippen molar-refractivity contribution < 1.29 is 14.4 Å². The molecule has 102 valence electrons. The summed E-state index contributed by atoms with van der Waals surface area (Å²) in [5.41, 5.74) is 7.87. The second-order valence-electron chi connectivity index (χ2n) is 4.36. The highest BCUT2D eigenvalue weighted by molar-refractivity contribution is 5.87. The van der Waals surface area contributed by atoms with Crippen LogP contribution in [0.4, 0.5) is 5.69 Å². The predicted octanol–water partition coefficient (Wildman–Crippen LogP) is 3.46. The van der Waals surface area contributed by atoms with Gasteiger partial charge in [-0.25, -0.2) is 4.79 Å². The third kappa shape index (κ3) is 5.33. The Balaban J connectivity index is 2.51. The van der Waals surface area contributed by atoms with Crippen molar-refractivity contribution in [3.8, 4) is 0 Å². The van der Waals surface area contributed by atoms with Crippen molar-refractivity contribution in [2.45, 2.75) is 20.3 Å². The van der Waals surface area contributed by atoms with Crippen LogP contribution in [0.3, 0.4) is 0 Å². The van der Waals surface area contributed by atoms with Gasteiger partial charge in [0.05, 0.1) is 6.61 Å². The maximum Gasteiger partial charge on any atom is 0.330 e. The van der Waals surface area contributed by atoms with Crippen LogP contribution in [0, 0.1) is 16.7 Å². The van der Waals surface area contributed by atoms with E-state index in [0.717, 1.165) is 12.0 Å². The van der Waals surface area contributed by atoms with Gasteiger partial charge in [0.15, 0.2) is 0 Å². The van der Waals surface area contributed by atoms with E-state index in [-0.39, 0.29) is 16.5 Å². The first-order chi connectivity index (χ1) is 9.02. The van der Waals surface area contributed by atoms with Gasteiger partial charge in [-0.15, -0.1) is 0 Å². The van der Waals surface area contributed by atoms with Gasteiger partial charge in [-0.1, -0.05) is 25.1 Å². The van der Waals surface area contributed by atoms with E-state index < -0.39 is 0 Å². The second-order valence-corrected chi connectivity index (χ2v) is 4.36. The van der Waals surface area contributed by atoms with Crippen molar-refractivity contribution >= 4 is 17.7 Å². The van der Waals surface area contributed by atoms with Gasteiger partial charge in [0.1, 0.15) is 0 Å². The first-order valence-electron chi connectivity index (χ1n) is 6.16. The molecule has 1 aromatic rings. The smallest absolute Gasteiger partial charge is 0.330 e. The molecular weight excluding hydrogens is 244 g/mol. The first kappa shape index (κ1) is 14.9. The van der Waals surface area contributed by atoms with Crippen molar-refractivity contribution in [1.82, 2.24) is 0 Å². The molecule has 1 atom stereocenters. The molecule has 0 aliphatic rings. The molecule has 0 aromatic heterocycles. The van der Waals surface area contributed by atoms with Crippen LogP contribution in [0.1, 0.15) is 25.8 Å². The summed E-state index contributed by atoms with van der Waals surface area (Å²) in [5, 5.41) is 10.7. The first-order valence-corrected chi connectivity index (χ1v) is 6.16. The predicted molar refractivity (Wildman–Crippen MR) is 71.9 cm³/mol. The molecule has 1 aromatic carbocycles. The van der Waals surface area contributed by atoms with Crippen LogP contribution >= 0.6 is 0 Å². The summed E-state index contributed by atoms with van der Waals surface area (Å²) < 4.78 is 5.06. The fourth-order valence-electron chi connectivity index (χ4n) is 1.28. The number of nitrogens with zero attached hydrogens (tertiary/aromatic N) is 1. The van der Waals surface area contributed by atoms with Crippen molar-refractivity contribution in [2.24, 2.45) is 5.92 Å². The summed E-state index contributed by atoms with van der Waals surface area (Å²) in [4.78, 5) is 11.5. The lowest BCUT2D eigenvalue weighted by Gasteiger charge is -2.07. The fraction of sp³-hybridized carbons (Fsp3) is 0.357. The van der Waals surface area contributed by atoms with Gasteiger partial charge >= 0.3 is 5.97 Å². The van der Waals surface area contributed by atoms with Crippen molar-refractivity contribution in [3.63, 3.8) is 0 Å². The molecule has 0 saturated carbocycles. The summed E-state index contributed by atoms with van der Waals surface area (Å²) in [5.74, 6) is -0.0213. The van der Waals surface area contributed by atoms with Gasteiger partial charge in [-0.05, 0) is 35.2 Å².